The predicted octanol–water partition coefficient (Wildman–Crippen LogP) is 4.36. The van der Waals surface area contributed by atoms with Crippen molar-refractivity contribution in [2.45, 2.75) is 46.7 Å². The number of nitrogens with zero attached hydrogens (tertiary/aromatic N) is 4. The van der Waals surface area contributed by atoms with Crippen molar-refractivity contribution in [1.29, 1.82) is 5.26 Å². The first kappa shape index (κ1) is 23.3. The molecule has 1 amide bonds. The number of rotatable bonds is 5. The molecule has 170 valence electrons. The molecular weight excluding hydrogens is 452 g/mol. The zero-order chi connectivity index (χ0) is 23.7. The van der Waals surface area contributed by atoms with Crippen LogP contribution in [0.25, 0.3) is 6.08 Å². The second kappa shape index (κ2) is 9.54. The summed E-state index contributed by atoms with van der Waals surface area (Å²) in [5.41, 5.74) is 3.39. The summed E-state index contributed by atoms with van der Waals surface area (Å²) in [5.74, 6) is 0.644. The number of anilines is 1. The minimum Gasteiger partial charge on any atom is -0.357 e. The number of hydrogen-bond donors (Lipinski definition) is 0. The largest absolute Gasteiger partial charge is 0.357 e. The number of amides is 1. The van der Waals surface area contributed by atoms with Gasteiger partial charge in [0.2, 0.25) is 0 Å². The number of pyridine rings is 1. The highest BCUT2D eigenvalue weighted by molar-refractivity contribution is 8.26. The van der Waals surface area contributed by atoms with Gasteiger partial charge >= 0.3 is 0 Å². The van der Waals surface area contributed by atoms with Gasteiger partial charge in [0, 0.05) is 25.2 Å². The molecule has 0 bridgehead atoms. The SMILES string of the molecule is CCn1c(N2CCCC2)c(C=C2SC(=S)N(Cc3ccc(C)cc3)C2=O)c(C)c(C#N)c1=O. The zero-order valence-corrected chi connectivity index (χ0v) is 20.7. The Balaban J connectivity index is 1.79. The highest BCUT2D eigenvalue weighted by atomic mass is 32.2. The molecule has 2 aromatic rings. The summed E-state index contributed by atoms with van der Waals surface area (Å²) in [6, 6.07) is 10.1. The molecule has 2 aliphatic heterocycles. The van der Waals surface area contributed by atoms with Gasteiger partial charge in [-0.05, 0) is 50.8 Å². The number of carbonyl (C=O) groups is 1. The standard InChI is InChI=1S/C25H26N4O2S2/c1-4-28-22(27-11-5-6-12-27)19(17(3)20(14-26)23(28)30)13-21-24(31)29(25(32)33-21)15-18-9-7-16(2)8-10-18/h7-10,13H,4-6,11-12,15H2,1-3H3. The number of thioether (sulfide) groups is 1. The maximum Gasteiger partial charge on any atom is 0.270 e. The Morgan fingerprint density at radius 3 is 2.42 bits per heavy atom. The summed E-state index contributed by atoms with van der Waals surface area (Å²) < 4.78 is 2.17. The van der Waals surface area contributed by atoms with Gasteiger partial charge in [-0.3, -0.25) is 19.1 Å². The summed E-state index contributed by atoms with van der Waals surface area (Å²) in [7, 11) is 0. The van der Waals surface area contributed by atoms with E-state index in [1.165, 1.54) is 11.8 Å². The Labute approximate surface area is 203 Å². The summed E-state index contributed by atoms with van der Waals surface area (Å²) in [5, 5.41) is 9.68. The maximum absolute atomic E-state index is 13.3. The predicted molar refractivity (Wildman–Crippen MR) is 137 cm³/mol. The number of carbonyl (C=O) groups excluding carboxylic acids is 1. The van der Waals surface area contributed by atoms with Crippen molar-refractivity contribution in [3.8, 4) is 6.07 Å². The van der Waals surface area contributed by atoms with Gasteiger partial charge in [-0.15, -0.1) is 0 Å². The fourth-order valence-corrected chi connectivity index (χ4v) is 5.59. The van der Waals surface area contributed by atoms with Crippen molar-refractivity contribution in [2.24, 2.45) is 0 Å². The third kappa shape index (κ3) is 4.35. The lowest BCUT2D eigenvalue weighted by Crippen LogP contribution is -2.32. The number of thiocarbonyl (C=S) groups is 1. The Bertz CT molecular complexity index is 1250. The fourth-order valence-electron chi connectivity index (χ4n) is 4.35. The van der Waals surface area contributed by atoms with E-state index in [1.807, 2.05) is 44.2 Å². The highest BCUT2D eigenvalue weighted by Crippen LogP contribution is 2.37. The van der Waals surface area contributed by atoms with E-state index in [2.05, 4.69) is 11.0 Å². The lowest BCUT2D eigenvalue weighted by molar-refractivity contribution is -0.122. The molecule has 2 saturated heterocycles. The Morgan fingerprint density at radius 1 is 1.15 bits per heavy atom. The van der Waals surface area contributed by atoms with E-state index in [0.717, 1.165) is 48.4 Å². The molecule has 0 atom stereocenters. The summed E-state index contributed by atoms with van der Waals surface area (Å²) in [4.78, 5) is 30.6. The summed E-state index contributed by atoms with van der Waals surface area (Å²) in [6.45, 7) is 8.28. The van der Waals surface area contributed by atoms with Crippen molar-refractivity contribution in [2.75, 3.05) is 18.0 Å². The Morgan fingerprint density at radius 2 is 1.82 bits per heavy atom. The van der Waals surface area contributed by atoms with Crippen LogP contribution in [0.3, 0.4) is 0 Å². The smallest absolute Gasteiger partial charge is 0.270 e. The third-order valence-electron chi connectivity index (χ3n) is 6.18. The van der Waals surface area contributed by atoms with Crippen molar-refractivity contribution in [1.82, 2.24) is 9.47 Å². The summed E-state index contributed by atoms with van der Waals surface area (Å²) >= 11 is 6.81. The third-order valence-corrected chi connectivity index (χ3v) is 7.56. The Hall–Kier alpha value is -2.89. The quantitative estimate of drug-likeness (QED) is 0.470. The van der Waals surface area contributed by atoms with Gasteiger partial charge < -0.3 is 4.90 Å². The van der Waals surface area contributed by atoms with E-state index < -0.39 is 0 Å². The second-order valence-corrected chi connectivity index (χ2v) is 10.0. The zero-order valence-electron chi connectivity index (χ0n) is 19.1. The van der Waals surface area contributed by atoms with Gasteiger partial charge in [0.05, 0.1) is 11.4 Å². The molecule has 1 aromatic heterocycles. The molecule has 3 heterocycles. The van der Waals surface area contributed by atoms with Crippen LogP contribution >= 0.6 is 24.0 Å². The number of aryl methyl sites for hydroxylation is 1. The molecular formula is C25H26N4O2S2. The van der Waals surface area contributed by atoms with Crippen LogP contribution in [0.5, 0.6) is 0 Å². The first-order valence-corrected chi connectivity index (χ1v) is 12.3. The van der Waals surface area contributed by atoms with Gasteiger partial charge in [0.25, 0.3) is 11.5 Å². The van der Waals surface area contributed by atoms with E-state index in [9.17, 15) is 14.9 Å². The van der Waals surface area contributed by atoms with Crippen molar-refractivity contribution >= 4 is 46.1 Å². The molecule has 0 N–H and O–H groups in total. The average Bonchev–Trinajstić information content (AvgIpc) is 3.41. The lowest BCUT2D eigenvalue weighted by Gasteiger charge is -2.26. The minimum absolute atomic E-state index is 0.126. The number of benzene rings is 1. The molecule has 6 nitrogen and oxygen atoms in total. The number of hydrogen-bond acceptors (Lipinski definition) is 6. The van der Waals surface area contributed by atoms with Gasteiger partial charge in [-0.2, -0.15) is 5.26 Å². The first-order valence-electron chi connectivity index (χ1n) is 11.1. The van der Waals surface area contributed by atoms with Crippen LogP contribution in [-0.2, 0) is 17.9 Å². The van der Waals surface area contributed by atoms with E-state index in [4.69, 9.17) is 12.2 Å². The number of nitriles is 1. The maximum atomic E-state index is 13.3. The van der Waals surface area contributed by atoms with Crippen molar-refractivity contribution in [3.05, 3.63) is 67.3 Å². The molecule has 0 spiro atoms. The first-order chi connectivity index (χ1) is 15.8. The molecule has 2 aliphatic rings. The van der Waals surface area contributed by atoms with E-state index in [-0.39, 0.29) is 17.0 Å². The lowest BCUT2D eigenvalue weighted by atomic mass is 10.0. The monoisotopic (exact) mass is 478 g/mol. The van der Waals surface area contributed by atoms with Crippen LogP contribution in [-0.4, -0.2) is 32.8 Å². The van der Waals surface area contributed by atoms with E-state index in [1.54, 1.807) is 16.4 Å². The molecule has 1 aromatic carbocycles. The highest BCUT2D eigenvalue weighted by Gasteiger charge is 2.33. The minimum atomic E-state index is -0.275. The normalized spacial score (nSPS) is 17.3. The van der Waals surface area contributed by atoms with Crippen LogP contribution in [0.4, 0.5) is 5.82 Å². The molecule has 0 unspecified atom stereocenters. The molecule has 0 aliphatic carbocycles. The van der Waals surface area contributed by atoms with Crippen LogP contribution in [0, 0.1) is 25.2 Å². The van der Waals surface area contributed by atoms with Gasteiger partial charge in [0.1, 0.15) is 21.8 Å². The van der Waals surface area contributed by atoms with Crippen LogP contribution in [0.1, 0.15) is 47.6 Å². The van der Waals surface area contributed by atoms with Crippen LogP contribution in [0.15, 0.2) is 34.0 Å². The number of aromatic nitrogens is 1. The Kier molecular flexibility index (Phi) is 6.73. The van der Waals surface area contributed by atoms with E-state index in [0.29, 0.717) is 27.9 Å². The second-order valence-electron chi connectivity index (χ2n) is 8.35. The van der Waals surface area contributed by atoms with Crippen molar-refractivity contribution in [3.63, 3.8) is 0 Å². The van der Waals surface area contributed by atoms with Crippen LogP contribution in [0.2, 0.25) is 0 Å². The average molecular weight is 479 g/mol. The molecule has 0 saturated carbocycles. The summed E-state index contributed by atoms with van der Waals surface area (Å²) in [6.07, 6.45) is 3.92. The van der Waals surface area contributed by atoms with Crippen molar-refractivity contribution < 1.29 is 4.79 Å². The molecule has 0 radical (unpaired) electrons. The molecule has 33 heavy (non-hydrogen) atoms. The van der Waals surface area contributed by atoms with Gasteiger partial charge in [0.15, 0.2) is 0 Å². The van der Waals surface area contributed by atoms with Crippen LogP contribution < -0.4 is 10.5 Å². The van der Waals surface area contributed by atoms with E-state index >= 15 is 0 Å². The molecule has 2 fully saturated rings. The molecule has 4 rings (SSSR count). The fraction of sp³-hybridized carbons (Fsp3) is 0.360. The van der Waals surface area contributed by atoms with Gasteiger partial charge in [-0.25, -0.2) is 0 Å². The topological polar surface area (TPSA) is 69.3 Å². The molecule has 8 heteroatoms. The van der Waals surface area contributed by atoms with Gasteiger partial charge in [-0.1, -0.05) is 53.8 Å².